The van der Waals surface area contributed by atoms with Crippen LogP contribution < -0.4 is 11.3 Å². The van der Waals surface area contributed by atoms with Crippen LogP contribution in [0.15, 0.2) is 95.9 Å². The van der Waals surface area contributed by atoms with E-state index in [1.54, 1.807) is 18.2 Å². The highest BCUT2D eigenvalue weighted by atomic mass is 35.5. The number of nitrogens with zero attached hydrogens (tertiary/aromatic N) is 3. The molecule has 0 saturated heterocycles. The van der Waals surface area contributed by atoms with Crippen molar-refractivity contribution in [3.8, 4) is 12.0 Å². The SMILES string of the molecule is C=C(C#CN)N(CCc1ccccc1)CC(c1nc2cc(Cl)ccc2c(=O)n1Cc1ccccc1)C(C)C. The first-order chi connectivity index (χ1) is 18.4. The van der Waals surface area contributed by atoms with Gasteiger partial charge in [0, 0.05) is 30.1 Å². The third-order valence-corrected chi connectivity index (χ3v) is 7.03. The molecule has 4 rings (SSSR count). The normalized spacial score (nSPS) is 11.7. The molecule has 1 unspecified atom stereocenters. The van der Waals surface area contributed by atoms with Crippen molar-refractivity contribution >= 4 is 22.5 Å². The fourth-order valence-electron chi connectivity index (χ4n) is 4.65. The van der Waals surface area contributed by atoms with Crippen molar-refractivity contribution in [1.82, 2.24) is 14.5 Å². The third kappa shape index (κ3) is 6.45. The molecule has 0 aliphatic rings. The Kier molecular flexibility index (Phi) is 8.89. The van der Waals surface area contributed by atoms with E-state index in [0.29, 0.717) is 41.3 Å². The molecule has 0 spiro atoms. The Morgan fingerprint density at radius 3 is 2.34 bits per heavy atom. The zero-order valence-corrected chi connectivity index (χ0v) is 22.7. The highest BCUT2D eigenvalue weighted by molar-refractivity contribution is 6.31. The highest BCUT2D eigenvalue weighted by Gasteiger charge is 2.26. The standard InChI is InChI=1S/C32H33ClN4O/c1-23(2)29(22-36(24(3)16-18-34)19-17-25-10-6-4-7-11-25)31-35-30-20-27(33)14-15-28(30)32(38)37(31)21-26-12-8-5-9-13-26/h4-15,20,23,29H,3,17,19,21-22,34H2,1-2H3. The summed E-state index contributed by atoms with van der Waals surface area (Å²) in [6.07, 6.45) is 0.828. The van der Waals surface area contributed by atoms with Gasteiger partial charge >= 0.3 is 0 Å². The van der Waals surface area contributed by atoms with Crippen LogP contribution in [0.3, 0.4) is 0 Å². The first-order valence-corrected chi connectivity index (χ1v) is 13.2. The van der Waals surface area contributed by atoms with Gasteiger partial charge in [-0.2, -0.15) is 0 Å². The summed E-state index contributed by atoms with van der Waals surface area (Å²) in [7, 11) is 0. The maximum absolute atomic E-state index is 13.8. The minimum Gasteiger partial charge on any atom is -0.364 e. The lowest BCUT2D eigenvalue weighted by Gasteiger charge is -2.32. The van der Waals surface area contributed by atoms with Crippen LogP contribution in [-0.2, 0) is 13.0 Å². The number of fused-ring (bicyclic) bond motifs is 1. The van der Waals surface area contributed by atoms with Crippen LogP contribution in [0.2, 0.25) is 5.02 Å². The molecule has 6 heteroatoms. The Hall–Kier alpha value is -4.01. The summed E-state index contributed by atoms with van der Waals surface area (Å²) in [5, 5.41) is 1.10. The first kappa shape index (κ1) is 27.0. The maximum Gasteiger partial charge on any atom is 0.261 e. The molecule has 3 aromatic carbocycles. The van der Waals surface area contributed by atoms with Crippen LogP contribution in [0.25, 0.3) is 10.9 Å². The zero-order valence-electron chi connectivity index (χ0n) is 21.9. The topological polar surface area (TPSA) is 64.2 Å². The quantitative estimate of drug-likeness (QED) is 0.210. The van der Waals surface area contributed by atoms with Gasteiger partial charge in [-0.15, -0.1) is 0 Å². The van der Waals surface area contributed by atoms with E-state index in [1.807, 2.05) is 53.1 Å². The minimum atomic E-state index is -0.0816. The Labute approximate surface area is 229 Å². The largest absolute Gasteiger partial charge is 0.364 e. The molecule has 5 nitrogen and oxygen atoms in total. The van der Waals surface area contributed by atoms with Gasteiger partial charge < -0.3 is 10.6 Å². The van der Waals surface area contributed by atoms with Crippen molar-refractivity contribution in [2.45, 2.75) is 32.7 Å². The summed E-state index contributed by atoms with van der Waals surface area (Å²) in [4.78, 5) is 21.0. The predicted octanol–water partition coefficient (Wildman–Crippen LogP) is 5.82. The summed E-state index contributed by atoms with van der Waals surface area (Å²) < 4.78 is 1.81. The lowest BCUT2D eigenvalue weighted by atomic mass is 9.93. The average Bonchev–Trinajstić information content (AvgIpc) is 2.91. The van der Waals surface area contributed by atoms with Gasteiger partial charge in [-0.3, -0.25) is 9.36 Å². The fraction of sp³-hybridized carbons (Fsp3) is 0.250. The molecule has 1 aromatic heterocycles. The molecule has 0 aliphatic heterocycles. The van der Waals surface area contributed by atoms with Gasteiger partial charge in [-0.25, -0.2) is 4.98 Å². The van der Waals surface area contributed by atoms with Gasteiger partial charge in [0.2, 0.25) is 0 Å². The van der Waals surface area contributed by atoms with E-state index in [1.165, 1.54) is 5.56 Å². The van der Waals surface area contributed by atoms with Crippen molar-refractivity contribution in [3.63, 3.8) is 0 Å². The van der Waals surface area contributed by atoms with Crippen molar-refractivity contribution < 1.29 is 0 Å². The van der Waals surface area contributed by atoms with E-state index >= 15 is 0 Å². The Balaban J connectivity index is 1.79. The van der Waals surface area contributed by atoms with Gasteiger partial charge in [-0.1, -0.05) is 92.7 Å². The predicted molar refractivity (Wildman–Crippen MR) is 157 cm³/mol. The van der Waals surface area contributed by atoms with Crippen LogP contribution in [0.1, 0.15) is 36.7 Å². The first-order valence-electron chi connectivity index (χ1n) is 12.8. The highest BCUT2D eigenvalue weighted by Crippen LogP contribution is 2.27. The van der Waals surface area contributed by atoms with Gasteiger partial charge in [0.05, 0.1) is 23.1 Å². The molecule has 0 fully saturated rings. The molecule has 0 bridgehead atoms. The number of hydrogen-bond donors (Lipinski definition) is 1. The molecule has 0 amide bonds. The molecule has 4 aromatic rings. The van der Waals surface area contributed by atoms with E-state index in [4.69, 9.17) is 22.3 Å². The summed E-state index contributed by atoms with van der Waals surface area (Å²) >= 11 is 6.30. The van der Waals surface area contributed by atoms with Crippen molar-refractivity contribution in [3.05, 3.63) is 123 Å². The molecule has 0 aliphatic carbocycles. The Morgan fingerprint density at radius 1 is 1.05 bits per heavy atom. The number of halogens is 1. The summed E-state index contributed by atoms with van der Waals surface area (Å²) in [5.74, 6) is 3.75. The average molecular weight is 525 g/mol. The molecule has 1 atom stereocenters. The smallest absolute Gasteiger partial charge is 0.261 e. The summed E-state index contributed by atoms with van der Waals surface area (Å²) in [5.41, 5.74) is 9.00. The minimum absolute atomic E-state index is 0.0763. The van der Waals surface area contributed by atoms with Crippen LogP contribution in [-0.4, -0.2) is 27.5 Å². The van der Waals surface area contributed by atoms with Gasteiger partial charge in [0.1, 0.15) is 5.82 Å². The molecule has 0 saturated carbocycles. The second-order valence-corrected chi connectivity index (χ2v) is 10.2. The molecule has 194 valence electrons. The van der Waals surface area contributed by atoms with E-state index in [-0.39, 0.29) is 17.4 Å². The van der Waals surface area contributed by atoms with Crippen LogP contribution >= 0.6 is 11.6 Å². The molecule has 1 heterocycles. The van der Waals surface area contributed by atoms with E-state index < -0.39 is 0 Å². The van der Waals surface area contributed by atoms with E-state index in [0.717, 1.165) is 17.8 Å². The molecule has 38 heavy (non-hydrogen) atoms. The number of rotatable bonds is 10. The third-order valence-electron chi connectivity index (χ3n) is 6.80. The lowest BCUT2D eigenvalue weighted by molar-refractivity contribution is 0.291. The zero-order chi connectivity index (χ0) is 27.1. The van der Waals surface area contributed by atoms with Gasteiger partial charge in [0.15, 0.2) is 0 Å². The number of aromatic nitrogens is 2. The monoisotopic (exact) mass is 524 g/mol. The number of hydrogen-bond acceptors (Lipinski definition) is 4. The van der Waals surface area contributed by atoms with Crippen LogP contribution in [0.5, 0.6) is 0 Å². The van der Waals surface area contributed by atoms with Crippen LogP contribution in [0.4, 0.5) is 0 Å². The van der Waals surface area contributed by atoms with Crippen LogP contribution in [0, 0.1) is 17.9 Å². The number of nitrogens with two attached hydrogens (primary N) is 1. The second-order valence-electron chi connectivity index (χ2n) is 9.76. The molecule has 2 N–H and O–H groups in total. The maximum atomic E-state index is 13.8. The van der Waals surface area contributed by atoms with E-state index in [9.17, 15) is 4.79 Å². The fourth-order valence-corrected chi connectivity index (χ4v) is 4.82. The Morgan fingerprint density at radius 2 is 1.71 bits per heavy atom. The van der Waals surface area contributed by atoms with Gasteiger partial charge in [-0.05, 0) is 47.6 Å². The molecular formula is C32H33ClN4O. The van der Waals surface area contributed by atoms with E-state index in [2.05, 4.69) is 49.4 Å². The number of allylic oxidation sites excluding steroid dienone is 1. The summed E-state index contributed by atoms with van der Waals surface area (Å²) in [6.45, 7) is 10.2. The Bertz CT molecular complexity index is 1520. The molecule has 0 radical (unpaired) electrons. The van der Waals surface area contributed by atoms with Crippen molar-refractivity contribution in [2.24, 2.45) is 11.7 Å². The second kappa shape index (κ2) is 12.5. The molecular weight excluding hydrogens is 492 g/mol. The lowest BCUT2D eigenvalue weighted by Crippen LogP contribution is -2.36. The van der Waals surface area contributed by atoms with Crippen molar-refractivity contribution in [2.75, 3.05) is 13.1 Å². The van der Waals surface area contributed by atoms with Crippen molar-refractivity contribution in [1.29, 1.82) is 0 Å². The van der Waals surface area contributed by atoms with Gasteiger partial charge in [0.25, 0.3) is 5.56 Å². The summed E-state index contributed by atoms with van der Waals surface area (Å²) in [6, 6.07) is 28.1. The number of benzene rings is 3.